The van der Waals surface area contributed by atoms with Gasteiger partial charge < -0.3 is 33.6 Å². The Balaban J connectivity index is 1.88. The average molecular weight is 585 g/mol. The van der Waals surface area contributed by atoms with Crippen LogP contribution < -0.4 is 10.1 Å². The third-order valence-electron chi connectivity index (χ3n) is 5.40. The van der Waals surface area contributed by atoms with Crippen LogP contribution in [0.15, 0.2) is 29.4 Å². The Morgan fingerprint density at radius 1 is 1.00 bits per heavy atom. The Labute approximate surface area is 233 Å². The van der Waals surface area contributed by atoms with Crippen molar-refractivity contribution in [2.24, 2.45) is 7.05 Å². The Hall–Kier alpha value is -3.36. The molecule has 15 heteroatoms. The molecule has 1 N–H and O–H groups in total. The molecule has 1 aromatic heterocycles. The van der Waals surface area contributed by atoms with Gasteiger partial charge in [0.1, 0.15) is 36.5 Å². The quantitative estimate of drug-likeness (QED) is 0.319. The van der Waals surface area contributed by atoms with Crippen molar-refractivity contribution in [3.05, 3.63) is 35.1 Å². The SMILES string of the molecule is CC(=O)N[C@@H]1[C@H](OC(C)=O)[C@H](OC(C)=O)[C@H](COC(C)=O)O[C@@H]1Sc1nnc(COc2ccc(Cl)cc2)n1C. The molecule has 1 fully saturated rings. The minimum Gasteiger partial charge on any atom is -0.486 e. The number of hydrogen-bond donors (Lipinski definition) is 1. The zero-order valence-corrected chi connectivity index (χ0v) is 23.5. The third-order valence-corrected chi connectivity index (χ3v) is 6.85. The molecule has 2 heterocycles. The summed E-state index contributed by atoms with van der Waals surface area (Å²) in [6.07, 6.45) is -3.36. The molecular weight excluding hydrogens is 556 g/mol. The molecule has 39 heavy (non-hydrogen) atoms. The number of nitrogens with zero attached hydrogens (tertiary/aromatic N) is 3. The van der Waals surface area contributed by atoms with Crippen molar-refractivity contribution in [3.8, 4) is 5.75 Å². The van der Waals surface area contributed by atoms with Crippen molar-refractivity contribution >= 4 is 47.2 Å². The Kier molecular flexibility index (Phi) is 10.5. The summed E-state index contributed by atoms with van der Waals surface area (Å²) in [5, 5.41) is 12.1. The first-order chi connectivity index (χ1) is 18.4. The molecule has 1 aromatic carbocycles. The maximum atomic E-state index is 12.1. The number of rotatable bonds is 10. The second kappa shape index (κ2) is 13.6. The second-order valence-electron chi connectivity index (χ2n) is 8.54. The van der Waals surface area contributed by atoms with E-state index in [2.05, 4.69) is 15.5 Å². The number of benzene rings is 1. The van der Waals surface area contributed by atoms with Crippen molar-refractivity contribution in [3.63, 3.8) is 0 Å². The number of carbonyl (C=O) groups excluding carboxylic acids is 4. The number of ether oxygens (including phenoxy) is 5. The molecule has 3 rings (SSSR count). The molecule has 2 aromatic rings. The maximum Gasteiger partial charge on any atom is 0.303 e. The Bertz CT molecular complexity index is 1190. The number of carbonyl (C=O) groups is 4. The van der Waals surface area contributed by atoms with Gasteiger partial charge in [0.15, 0.2) is 23.2 Å². The van der Waals surface area contributed by atoms with Gasteiger partial charge in [-0.05, 0) is 24.3 Å². The molecule has 5 atom stereocenters. The van der Waals surface area contributed by atoms with Crippen LogP contribution in [0.2, 0.25) is 5.02 Å². The zero-order valence-electron chi connectivity index (χ0n) is 21.9. The predicted molar refractivity (Wildman–Crippen MR) is 137 cm³/mol. The fraction of sp³-hybridized carbons (Fsp3) is 0.500. The van der Waals surface area contributed by atoms with Crippen LogP contribution in [-0.4, -0.2) is 75.0 Å². The van der Waals surface area contributed by atoms with Crippen LogP contribution >= 0.6 is 23.4 Å². The van der Waals surface area contributed by atoms with Crippen LogP contribution in [0.5, 0.6) is 5.75 Å². The molecule has 0 unspecified atom stereocenters. The number of esters is 3. The molecule has 13 nitrogen and oxygen atoms in total. The highest BCUT2D eigenvalue weighted by atomic mass is 35.5. The molecule has 0 aliphatic carbocycles. The lowest BCUT2D eigenvalue weighted by Crippen LogP contribution is -2.65. The highest BCUT2D eigenvalue weighted by Gasteiger charge is 2.51. The summed E-state index contributed by atoms with van der Waals surface area (Å²) in [5.41, 5.74) is -0.918. The molecular formula is C24H29ClN4O9S. The van der Waals surface area contributed by atoms with Gasteiger partial charge in [0.05, 0.1) is 0 Å². The van der Waals surface area contributed by atoms with Gasteiger partial charge in [-0.15, -0.1) is 10.2 Å². The third kappa shape index (κ3) is 8.57. The Morgan fingerprint density at radius 2 is 1.64 bits per heavy atom. The van der Waals surface area contributed by atoms with Crippen LogP contribution in [0.1, 0.15) is 33.5 Å². The topological polar surface area (TPSA) is 157 Å². The predicted octanol–water partition coefficient (Wildman–Crippen LogP) is 1.80. The summed E-state index contributed by atoms with van der Waals surface area (Å²) in [4.78, 5) is 47.6. The van der Waals surface area contributed by atoms with E-state index in [4.69, 9.17) is 35.3 Å². The van der Waals surface area contributed by atoms with E-state index in [1.165, 1.54) is 27.7 Å². The normalized spacial score (nSPS) is 22.5. The molecule has 1 amide bonds. The molecule has 1 aliphatic rings. The first-order valence-corrected chi connectivity index (χ1v) is 13.0. The number of nitrogens with one attached hydrogen (secondary N) is 1. The lowest BCUT2D eigenvalue weighted by Gasteiger charge is -2.44. The van der Waals surface area contributed by atoms with E-state index < -0.39 is 53.6 Å². The van der Waals surface area contributed by atoms with Gasteiger partial charge in [0, 0.05) is 39.8 Å². The fourth-order valence-electron chi connectivity index (χ4n) is 3.75. The van der Waals surface area contributed by atoms with Gasteiger partial charge in [-0.1, -0.05) is 23.4 Å². The molecule has 1 saturated heterocycles. The lowest BCUT2D eigenvalue weighted by atomic mass is 9.97. The van der Waals surface area contributed by atoms with Crippen molar-refractivity contribution in [2.75, 3.05) is 6.61 Å². The van der Waals surface area contributed by atoms with Gasteiger partial charge in [-0.2, -0.15) is 0 Å². The minimum atomic E-state index is -1.18. The molecule has 0 saturated carbocycles. The monoisotopic (exact) mass is 584 g/mol. The van der Waals surface area contributed by atoms with E-state index in [1.807, 2.05) is 0 Å². The van der Waals surface area contributed by atoms with Crippen molar-refractivity contribution < 1.29 is 42.9 Å². The Morgan fingerprint density at radius 3 is 2.23 bits per heavy atom. The zero-order chi connectivity index (χ0) is 28.7. The highest BCUT2D eigenvalue weighted by molar-refractivity contribution is 7.99. The summed E-state index contributed by atoms with van der Waals surface area (Å²) in [6, 6.07) is 5.87. The lowest BCUT2D eigenvalue weighted by molar-refractivity contribution is -0.211. The van der Waals surface area contributed by atoms with Crippen molar-refractivity contribution in [1.82, 2.24) is 20.1 Å². The first kappa shape index (κ1) is 30.2. The summed E-state index contributed by atoms with van der Waals surface area (Å²) in [7, 11) is 1.72. The number of amides is 1. The van der Waals surface area contributed by atoms with Crippen LogP contribution in [0.3, 0.4) is 0 Å². The standard InChI is InChI=1S/C24H29ClN4O9S/c1-12(30)26-20-22(37-15(4)33)21(36-14(3)32)18(10-34-13(2)31)38-23(20)39-24-28-27-19(29(24)5)11-35-17-8-6-16(25)7-9-17/h6-9,18,20-23H,10-11H2,1-5H3,(H,26,30)/t18-,20+,21+,22-,23+/m0/s1. The fourth-order valence-corrected chi connectivity index (χ4v) is 5.00. The van der Waals surface area contributed by atoms with Crippen LogP contribution in [-0.2, 0) is 51.8 Å². The van der Waals surface area contributed by atoms with E-state index in [1.54, 1.807) is 35.9 Å². The number of aromatic nitrogens is 3. The maximum absolute atomic E-state index is 12.1. The number of thioether (sulfide) groups is 1. The van der Waals surface area contributed by atoms with Gasteiger partial charge in [-0.25, -0.2) is 0 Å². The molecule has 0 radical (unpaired) electrons. The molecule has 0 bridgehead atoms. The van der Waals surface area contributed by atoms with Gasteiger partial charge >= 0.3 is 17.9 Å². The highest BCUT2D eigenvalue weighted by Crippen LogP contribution is 2.35. The van der Waals surface area contributed by atoms with E-state index >= 15 is 0 Å². The number of hydrogen-bond acceptors (Lipinski definition) is 12. The van der Waals surface area contributed by atoms with Crippen LogP contribution in [0.25, 0.3) is 0 Å². The molecule has 212 valence electrons. The van der Waals surface area contributed by atoms with E-state index in [9.17, 15) is 19.2 Å². The summed E-state index contributed by atoms with van der Waals surface area (Å²) in [6.45, 7) is 4.67. The smallest absolute Gasteiger partial charge is 0.303 e. The van der Waals surface area contributed by atoms with Gasteiger partial charge in [0.2, 0.25) is 5.91 Å². The molecule has 0 spiro atoms. The van der Waals surface area contributed by atoms with E-state index in [0.29, 0.717) is 21.8 Å². The summed E-state index contributed by atoms with van der Waals surface area (Å²) >= 11 is 6.99. The van der Waals surface area contributed by atoms with Crippen LogP contribution in [0, 0.1) is 0 Å². The second-order valence-corrected chi connectivity index (χ2v) is 10.0. The first-order valence-electron chi connectivity index (χ1n) is 11.8. The average Bonchev–Trinajstić information content (AvgIpc) is 3.19. The summed E-state index contributed by atoms with van der Waals surface area (Å²) < 4.78 is 29.6. The van der Waals surface area contributed by atoms with E-state index in [-0.39, 0.29) is 13.2 Å². The van der Waals surface area contributed by atoms with E-state index in [0.717, 1.165) is 11.8 Å². The van der Waals surface area contributed by atoms with Gasteiger partial charge in [0.25, 0.3) is 0 Å². The van der Waals surface area contributed by atoms with Crippen LogP contribution in [0.4, 0.5) is 0 Å². The largest absolute Gasteiger partial charge is 0.486 e. The van der Waals surface area contributed by atoms with Crippen molar-refractivity contribution in [2.45, 2.75) is 69.2 Å². The van der Waals surface area contributed by atoms with Crippen molar-refractivity contribution in [1.29, 1.82) is 0 Å². The minimum absolute atomic E-state index is 0.103. The number of halogens is 1. The summed E-state index contributed by atoms with van der Waals surface area (Å²) in [5.74, 6) is -1.31. The molecule has 1 aliphatic heterocycles. The van der Waals surface area contributed by atoms with Gasteiger partial charge in [-0.3, -0.25) is 19.2 Å².